The van der Waals surface area contributed by atoms with E-state index < -0.39 is 6.57 Å². The number of hydrogen-bond acceptors (Lipinski definition) is 4. The van der Waals surface area contributed by atoms with Crippen LogP contribution in [0.15, 0.2) is 0 Å². The fraction of sp³-hybridized carbons (Fsp3) is 1.00. The van der Waals surface area contributed by atoms with Crippen molar-refractivity contribution in [3.05, 3.63) is 0 Å². The molecule has 0 aliphatic carbocycles. The second-order valence-electron chi connectivity index (χ2n) is 7.14. The molecule has 0 radical (unpaired) electrons. The zero-order valence-electron chi connectivity index (χ0n) is 16.5. The lowest BCUT2D eigenvalue weighted by atomic mass is 10.2. The zero-order chi connectivity index (χ0) is 17.9. The summed E-state index contributed by atoms with van der Waals surface area (Å²) in [6, 6.07) is 1.04. The highest BCUT2D eigenvalue weighted by Gasteiger charge is 2.28. The summed E-state index contributed by atoms with van der Waals surface area (Å²) in [6.45, 7) is 14.2. The van der Waals surface area contributed by atoms with E-state index in [1.165, 1.54) is 25.7 Å². The third-order valence-corrected chi connectivity index (χ3v) is 9.84. The van der Waals surface area contributed by atoms with E-state index in [9.17, 15) is 4.57 Å². The van der Waals surface area contributed by atoms with E-state index in [0.29, 0.717) is 18.7 Å². The first-order valence-electron chi connectivity index (χ1n) is 9.39. The molecule has 3 nitrogen and oxygen atoms in total. The molecule has 0 aliphatic rings. The molecule has 5 heteroatoms. The molecule has 0 bridgehead atoms. The van der Waals surface area contributed by atoms with Crippen molar-refractivity contribution in [2.24, 2.45) is 0 Å². The summed E-state index contributed by atoms with van der Waals surface area (Å²) in [5.41, 5.74) is 0.0923. The van der Waals surface area contributed by atoms with Gasteiger partial charge in [-0.05, 0) is 34.1 Å². The highest BCUT2D eigenvalue weighted by molar-refractivity contribution is 8.56. The number of rotatable bonds is 14. The van der Waals surface area contributed by atoms with Gasteiger partial charge in [-0.1, -0.05) is 57.8 Å². The van der Waals surface area contributed by atoms with Crippen molar-refractivity contribution in [2.45, 2.75) is 98.3 Å². The summed E-state index contributed by atoms with van der Waals surface area (Å²) >= 11 is 1.56. The smallest absolute Gasteiger partial charge is 0.260 e. The van der Waals surface area contributed by atoms with Gasteiger partial charge in [-0.2, -0.15) is 0 Å². The Balaban J connectivity index is 4.25. The third-order valence-electron chi connectivity index (χ3n) is 4.10. The van der Waals surface area contributed by atoms with Crippen molar-refractivity contribution < 1.29 is 9.09 Å². The average molecular weight is 366 g/mol. The normalized spacial score (nSPS) is 15.1. The maximum atomic E-state index is 13.0. The predicted octanol–water partition coefficient (Wildman–Crippen LogP) is 6.43. The molecular formula is C18H40NO2PS. The molecule has 0 spiro atoms. The second-order valence-corrected chi connectivity index (χ2v) is 12.5. The van der Waals surface area contributed by atoms with Crippen LogP contribution >= 0.6 is 18.0 Å². The van der Waals surface area contributed by atoms with Gasteiger partial charge >= 0.3 is 0 Å². The van der Waals surface area contributed by atoms with E-state index in [2.05, 4.69) is 39.5 Å². The van der Waals surface area contributed by atoms with E-state index in [0.717, 1.165) is 18.7 Å². The second kappa shape index (κ2) is 12.8. The quantitative estimate of drug-likeness (QED) is 0.262. The Kier molecular flexibility index (Phi) is 13.1. The van der Waals surface area contributed by atoms with Crippen LogP contribution in [0.2, 0.25) is 0 Å². The number of unbranched alkanes of at least 4 members (excludes halogenated alkanes) is 4. The largest absolute Gasteiger partial charge is 0.321 e. The maximum Gasteiger partial charge on any atom is 0.260 e. The van der Waals surface area contributed by atoms with Gasteiger partial charge in [0.1, 0.15) is 0 Å². The Morgan fingerprint density at radius 3 is 2.00 bits per heavy atom. The molecule has 0 saturated carbocycles. The lowest BCUT2D eigenvalue weighted by molar-refractivity contribution is 0.187. The summed E-state index contributed by atoms with van der Waals surface area (Å²) in [6.07, 6.45) is 6.02. The van der Waals surface area contributed by atoms with E-state index in [-0.39, 0.29) is 5.66 Å². The zero-order valence-corrected chi connectivity index (χ0v) is 18.2. The Bertz CT molecular complexity index is 327. The molecule has 0 amide bonds. The van der Waals surface area contributed by atoms with Crippen LogP contribution in [0.4, 0.5) is 0 Å². The summed E-state index contributed by atoms with van der Waals surface area (Å²) in [5, 5.41) is 0. The molecule has 0 aromatic rings. The Hall–Kier alpha value is 0.500. The highest BCUT2D eigenvalue weighted by atomic mass is 32.7. The number of nitrogens with zero attached hydrogens (tertiary/aromatic N) is 1. The van der Waals surface area contributed by atoms with Gasteiger partial charge in [0.05, 0.1) is 6.61 Å². The highest BCUT2D eigenvalue weighted by Crippen LogP contribution is 2.63. The van der Waals surface area contributed by atoms with Crippen LogP contribution in [0.5, 0.6) is 0 Å². The molecule has 23 heavy (non-hydrogen) atoms. The average Bonchev–Trinajstić information content (AvgIpc) is 2.46. The minimum atomic E-state index is -2.57. The van der Waals surface area contributed by atoms with Crippen molar-refractivity contribution in [2.75, 3.05) is 18.9 Å². The van der Waals surface area contributed by atoms with Gasteiger partial charge in [-0.3, -0.25) is 9.46 Å². The van der Waals surface area contributed by atoms with Crippen LogP contribution < -0.4 is 0 Å². The molecule has 0 heterocycles. The minimum Gasteiger partial charge on any atom is -0.321 e. The fourth-order valence-electron chi connectivity index (χ4n) is 2.62. The van der Waals surface area contributed by atoms with Crippen LogP contribution in [0, 0.1) is 0 Å². The van der Waals surface area contributed by atoms with Gasteiger partial charge in [0, 0.05) is 30.0 Å². The van der Waals surface area contributed by atoms with Crippen molar-refractivity contribution in [1.29, 1.82) is 0 Å². The predicted molar refractivity (Wildman–Crippen MR) is 107 cm³/mol. The fourth-order valence-corrected chi connectivity index (χ4v) is 6.57. The molecular weight excluding hydrogens is 325 g/mol. The van der Waals surface area contributed by atoms with Gasteiger partial charge in [0.2, 0.25) is 0 Å². The molecule has 0 aromatic heterocycles. The Morgan fingerprint density at radius 1 is 0.957 bits per heavy atom. The molecule has 0 fully saturated rings. The van der Waals surface area contributed by atoms with Gasteiger partial charge in [-0.15, -0.1) is 0 Å². The van der Waals surface area contributed by atoms with Crippen molar-refractivity contribution in [3.63, 3.8) is 0 Å². The molecule has 1 unspecified atom stereocenters. The first-order valence-corrected chi connectivity index (χ1v) is 12.7. The van der Waals surface area contributed by atoms with E-state index in [1.807, 2.05) is 13.8 Å². The monoisotopic (exact) mass is 365 g/mol. The van der Waals surface area contributed by atoms with E-state index in [1.54, 1.807) is 11.4 Å². The lowest BCUT2D eigenvalue weighted by Gasteiger charge is -2.31. The molecule has 140 valence electrons. The summed E-state index contributed by atoms with van der Waals surface area (Å²) < 4.78 is 18.9. The van der Waals surface area contributed by atoms with Gasteiger partial charge in [-0.25, -0.2) is 0 Å². The molecule has 1 atom stereocenters. The Labute approximate surface area is 149 Å². The summed E-state index contributed by atoms with van der Waals surface area (Å²) in [7, 11) is 0. The molecule has 0 rings (SSSR count). The lowest BCUT2D eigenvalue weighted by Crippen LogP contribution is -2.38. The van der Waals surface area contributed by atoms with Crippen LogP contribution in [0.25, 0.3) is 0 Å². The SMILES string of the molecule is CCCCCCCOP(=O)(SCCN(C(C)C)C(C)C)C(C)C. The van der Waals surface area contributed by atoms with Crippen LogP contribution in [-0.4, -0.2) is 41.5 Å². The van der Waals surface area contributed by atoms with Crippen molar-refractivity contribution >= 4 is 18.0 Å². The van der Waals surface area contributed by atoms with Crippen molar-refractivity contribution in [3.8, 4) is 0 Å². The van der Waals surface area contributed by atoms with Crippen LogP contribution in [-0.2, 0) is 9.09 Å². The van der Waals surface area contributed by atoms with Crippen molar-refractivity contribution in [1.82, 2.24) is 4.90 Å². The molecule has 0 N–H and O–H groups in total. The third kappa shape index (κ3) is 10.2. The van der Waals surface area contributed by atoms with Gasteiger partial charge < -0.3 is 4.52 Å². The number of hydrogen-bond donors (Lipinski definition) is 0. The minimum absolute atomic E-state index is 0.0923. The topological polar surface area (TPSA) is 29.5 Å². The van der Waals surface area contributed by atoms with Gasteiger partial charge in [0.15, 0.2) is 0 Å². The molecule has 0 aliphatic heterocycles. The standard InChI is InChI=1S/C18H40NO2PS/c1-8-9-10-11-12-14-21-22(20,18(6)7)23-15-13-19(16(2)3)17(4)5/h16-18H,8-15H2,1-7H3. The molecule has 0 saturated heterocycles. The maximum absolute atomic E-state index is 13.0. The first-order chi connectivity index (χ1) is 10.7. The van der Waals surface area contributed by atoms with E-state index >= 15 is 0 Å². The summed E-state index contributed by atoms with van der Waals surface area (Å²) in [5.74, 6) is 0.877. The summed E-state index contributed by atoms with van der Waals surface area (Å²) in [4.78, 5) is 2.45. The van der Waals surface area contributed by atoms with Crippen LogP contribution in [0.3, 0.4) is 0 Å². The van der Waals surface area contributed by atoms with E-state index in [4.69, 9.17) is 4.52 Å². The molecule has 0 aromatic carbocycles. The Morgan fingerprint density at radius 2 is 1.52 bits per heavy atom. The van der Waals surface area contributed by atoms with Crippen LogP contribution in [0.1, 0.15) is 80.6 Å². The van der Waals surface area contributed by atoms with Gasteiger partial charge in [0.25, 0.3) is 6.57 Å². The first kappa shape index (κ1) is 23.5.